The summed E-state index contributed by atoms with van der Waals surface area (Å²) in [7, 11) is 1.88. The first-order chi connectivity index (χ1) is 10.0. The molecule has 1 heterocycles. The number of benzene rings is 1. The quantitative estimate of drug-likeness (QED) is 0.942. The molecular formula is C17H20N2O2. The standard InChI is InChI=1S/C17H20N2O2/c1-12-10-14(19(2)18-12)11-17(16(20)21)9-5-7-13-6-3-4-8-15(13)17/h3-4,6,8,10H,5,7,9,11H2,1-2H3,(H,20,21). The summed E-state index contributed by atoms with van der Waals surface area (Å²) < 4.78 is 1.80. The number of fused-ring (bicyclic) bond motifs is 1. The summed E-state index contributed by atoms with van der Waals surface area (Å²) in [4.78, 5) is 12.1. The van der Waals surface area contributed by atoms with Crippen LogP contribution in [-0.4, -0.2) is 20.9 Å². The van der Waals surface area contributed by atoms with E-state index in [1.54, 1.807) is 4.68 Å². The zero-order chi connectivity index (χ0) is 15.0. The van der Waals surface area contributed by atoms with E-state index in [0.29, 0.717) is 12.8 Å². The molecule has 0 fully saturated rings. The normalized spacial score (nSPS) is 21.0. The molecule has 0 saturated heterocycles. The highest BCUT2D eigenvalue weighted by Crippen LogP contribution is 2.40. The first kappa shape index (κ1) is 13.9. The molecule has 1 aliphatic rings. The molecule has 0 bridgehead atoms. The fourth-order valence-corrected chi connectivity index (χ4v) is 3.54. The number of rotatable bonds is 3. The van der Waals surface area contributed by atoms with E-state index in [1.807, 2.05) is 38.2 Å². The third-order valence-corrected chi connectivity index (χ3v) is 4.57. The number of aliphatic carboxylic acids is 1. The van der Waals surface area contributed by atoms with Crippen LogP contribution in [0.2, 0.25) is 0 Å². The molecule has 0 spiro atoms. The number of carboxylic acid groups (broad SMARTS) is 1. The minimum absolute atomic E-state index is 0.497. The van der Waals surface area contributed by atoms with Gasteiger partial charge < -0.3 is 5.11 Å². The number of aromatic nitrogens is 2. The van der Waals surface area contributed by atoms with Crippen LogP contribution in [0.1, 0.15) is 35.4 Å². The first-order valence-electron chi connectivity index (χ1n) is 7.34. The van der Waals surface area contributed by atoms with Gasteiger partial charge in [0, 0.05) is 19.2 Å². The Kier molecular flexibility index (Phi) is 3.32. The summed E-state index contributed by atoms with van der Waals surface area (Å²) in [5.74, 6) is -0.728. The third kappa shape index (κ3) is 2.24. The van der Waals surface area contributed by atoms with Gasteiger partial charge in [-0.05, 0) is 43.4 Å². The van der Waals surface area contributed by atoms with Crippen LogP contribution in [0, 0.1) is 6.92 Å². The zero-order valence-corrected chi connectivity index (χ0v) is 12.5. The number of carbonyl (C=O) groups is 1. The van der Waals surface area contributed by atoms with E-state index in [2.05, 4.69) is 11.2 Å². The van der Waals surface area contributed by atoms with Crippen molar-refractivity contribution in [3.05, 3.63) is 52.8 Å². The van der Waals surface area contributed by atoms with Gasteiger partial charge in [0.1, 0.15) is 0 Å². The van der Waals surface area contributed by atoms with Crippen LogP contribution < -0.4 is 0 Å². The van der Waals surface area contributed by atoms with E-state index in [1.165, 1.54) is 5.56 Å². The van der Waals surface area contributed by atoms with Gasteiger partial charge in [-0.25, -0.2) is 0 Å². The Hall–Kier alpha value is -2.10. The minimum Gasteiger partial charge on any atom is -0.481 e. The Morgan fingerprint density at radius 2 is 2.19 bits per heavy atom. The van der Waals surface area contributed by atoms with Crippen LogP contribution in [0.4, 0.5) is 0 Å². The van der Waals surface area contributed by atoms with Crippen LogP contribution in [0.15, 0.2) is 30.3 Å². The van der Waals surface area contributed by atoms with Crippen molar-refractivity contribution in [2.75, 3.05) is 0 Å². The smallest absolute Gasteiger partial charge is 0.314 e. The van der Waals surface area contributed by atoms with Gasteiger partial charge in [0.15, 0.2) is 0 Å². The van der Waals surface area contributed by atoms with Gasteiger partial charge in [-0.1, -0.05) is 24.3 Å². The maximum atomic E-state index is 12.1. The molecule has 1 unspecified atom stereocenters. The highest BCUT2D eigenvalue weighted by Gasteiger charge is 2.44. The molecule has 1 N–H and O–H groups in total. The largest absolute Gasteiger partial charge is 0.481 e. The van der Waals surface area contributed by atoms with Crippen molar-refractivity contribution in [3.8, 4) is 0 Å². The van der Waals surface area contributed by atoms with Crippen LogP contribution in [0.25, 0.3) is 0 Å². The van der Waals surface area contributed by atoms with Crippen molar-refractivity contribution in [1.29, 1.82) is 0 Å². The monoisotopic (exact) mass is 284 g/mol. The molecule has 4 nitrogen and oxygen atoms in total. The summed E-state index contributed by atoms with van der Waals surface area (Å²) in [6.07, 6.45) is 3.07. The molecule has 0 saturated carbocycles. The lowest BCUT2D eigenvalue weighted by Gasteiger charge is -2.35. The Balaban J connectivity index is 2.10. The molecule has 21 heavy (non-hydrogen) atoms. The topological polar surface area (TPSA) is 55.1 Å². The lowest BCUT2D eigenvalue weighted by molar-refractivity contribution is -0.144. The molecule has 1 aromatic heterocycles. The van der Waals surface area contributed by atoms with Gasteiger partial charge in [0.05, 0.1) is 11.1 Å². The SMILES string of the molecule is Cc1cc(CC2(C(=O)O)CCCc3ccccc32)n(C)n1. The molecule has 2 aromatic rings. The predicted octanol–water partition coefficient (Wildman–Crippen LogP) is 2.63. The minimum atomic E-state index is -0.824. The fraction of sp³-hybridized carbons (Fsp3) is 0.412. The number of hydrogen-bond acceptors (Lipinski definition) is 2. The Labute approximate surface area is 124 Å². The molecule has 0 radical (unpaired) electrons. The van der Waals surface area contributed by atoms with Gasteiger partial charge in [-0.2, -0.15) is 5.10 Å². The van der Waals surface area contributed by atoms with Gasteiger partial charge in [0.25, 0.3) is 0 Å². The molecule has 3 rings (SSSR count). The van der Waals surface area contributed by atoms with Gasteiger partial charge in [0.2, 0.25) is 0 Å². The lowest BCUT2D eigenvalue weighted by Crippen LogP contribution is -2.41. The van der Waals surface area contributed by atoms with E-state index in [0.717, 1.165) is 29.8 Å². The number of carboxylic acids is 1. The molecule has 4 heteroatoms. The van der Waals surface area contributed by atoms with Crippen molar-refractivity contribution < 1.29 is 9.90 Å². The van der Waals surface area contributed by atoms with E-state index < -0.39 is 11.4 Å². The number of hydrogen-bond donors (Lipinski definition) is 1. The van der Waals surface area contributed by atoms with Crippen molar-refractivity contribution in [2.24, 2.45) is 7.05 Å². The van der Waals surface area contributed by atoms with Gasteiger partial charge in [-0.15, -0.1) is 0 Å². The summed E-state index contributed by atoms with van der Waals surface area (Å²) in [6, 6.07) is 9.95. The van der Waals surface area contributed by atoms with Crippen LogP contribution >= 0.6 is 0 Å². The Morgan fingerprint density at radius 3 is 2.86 bits per heavy atom. The van der Waals surface area contributed by atoms with Crippen molar-refractivity contribution >= 4 is 5.97 Å². The van der Waals surface area contributed by atoms with E-state index in [9.17, 15) is 9.90 Å². The molecule has 1 atom stereocenters. The summed E-state index contributed by atoms with van der Waals surface area (Å²) in [5.41, 5.74) is 3.23. The summed E-state index contributed by atoms with van der Waals surface area (Å²) in [5, 5.41) is 14.3. The maximum Gasteiger partial charge on any atom is 0.314 e. The number of nitrogens with zero attached hydrogens (tertiary/aromatic N) is 2. The average Bonchev–Trinajstić information content (AvgIpc) is 2.77. The van der Waals surface area contributed by atoms with Crippen molar-refractivity contribution in [3.63, 3.8) is 0 Å². The molecule has 110 valence electrons. The highest BCUT2D eigenvalue weighted by atomic mass is 16.4. The second kappa shape index (κ2) is 5.02. The van der Waals surface area contributed by atoms with Crippen LogP contribution in [0.5, 0.6) is 0 Å². The first-order valence-corrected chi connectivity index (χ1v) is 7.34. The fourth-order valence-electron chi connectivity index (χ4n) is 3.54. The van der Waals surface area contributed by atoms with Crippen molar-refractivity contribution in [1.82, 2.24) is 9.78 Å². The second-order valence-corrected chi connectivity index (χ2v) is 5.98. The second-order valence-electron chi connectivity index (χ2n) is 5.98. The predicted molar refractivity (Wildman–Crippen MR) is 80.3 cm³/mol. The Morgan fingerprint density at radius 1 is 1.43 bits per heavy atom. The average molecular weight is 284 g/mol. The third-order valence-electron chi connectivity index (χ3n) is 4.57. The van der Waals surface area contributed by atoms with Crippen LogP contribution in [-0.2, 0) is 30.1 Å². The molecule has 0 aliphatic heterocycles. The summed E-state index contributed by atoms with van der Waals surface area (Å²) in [6.45, 7) is 1.94. The van der Waals surface area contributed by atoms with E-state index in [4.69, 9.17) is 0 Å². The lowest BCUT2D eigenvalue weighted by atomic mass is 9.67. The number of aryl methyl sites for hydroxylation is 3. The molecule has 0 amide bonds. The maximum absolute atomic E-state index is 12.1. The molecular weight excluding hydrogens is 264 g/mol. The highest BCUT2D eigenvalue weighted by molar-refractivity contribution is 5.82. The van der Waals surface area contributed by atoms with E-state index in [-0.39, 0.29) is 0 Å². The van der Waals surface area contributed by atoms with E-state index >= 15 is 0 Å². The Bertz CT molecular complexity index is 690. The molecule has 1 aliphatic carbocycles. The zero-order valence-electron chi connectivity index (χ0n) is 12.5. The van der Waals surface area contributed by atoms with Gasteiger partial charge in [-0.3, -0.25) is 9.48 Å². The molecule has 1 aromatic carbocycles. The van der Waals surface area contributed by atoms with Crippen molar-refractivity contribution in [2.45, 2.75) is 38.0 Å². The van der Waals surface area contributed by atoms with Gasteiger partial charge >= 0.3 is 5.97 Å². The summed E-state index contributed by atoms with van der Waals surface area (Å²) >= 11 is 0. The van der Waals surface area contributed by atoms with Crippen LogP contribution in [0.3, 0.4) is 0 Å².